The van der Waals surface area contributed by atoms with E-state index in [2.05, 4.69) is 10.6 Å². The Labute approximate surface area is 110 Å². The molecular formula is C10H12N2O5S2. The maximum absolute atomic E-state index is 12.0. The summed E-state index contributed by atoms with van der Waals surface area (Å²) in [5.41, 5.74) is 0.563. The molecule has 1 aromatic carbocycles. The van der Waals surface area contributed by atoms with E-state index in [1.165, 1.54) is 12.1 Å². The van der Waals surface area contributed by atoms with Crippen LogP contribution in [0.2, 0.25) is 0 Å². The number of carbonyl (C=O) groups excluding carboxylic acids is 1. The first-order chi connectivity index (χ1) is 8.59. The molecule has 0 fully saturated rings. The second-order valence-electron chi connectivity index (χ2n) is 4.29. The van der Waals surface area contributed by atoms with E-state index in [0.29, 0.717) is 18.2 Å². The van der Waals surface area contributed by atoms with Gasteiger partial charge in [0.25, 0.3) is 5.91 Å². The van der Waals surface area contributed by atoms with Crippen molar-refractivity contribution < 1.29 is 21.6 Å². The number of amides is 1. The highest BCUT2D eigenvalue weighted by Crippen LogP contribution is 2.36. The molecule has 0 radical (unpaired) electrons. The van der Waals surface area contributed by atoms with E-state index in [9.17, 15) is 21.6 Å². The van der Waals surface area contributed by atoms with Crippen LogP contribution in [0.1, 0.15) is 0 Å². The normalized spacial score (nSPS) is 18.1. The largest absolute Gasteiger partial charge is 0.345 e. The van der Waals surface area contributed by atoms with Crippen LogP contribution in [0.25, 0.3) is 0 Å². The molecule has 0 saturated heterocycles. The third kappa shape index (κ3) is 1.89. The Hall–Kier alpha value is -1.61. The predicted octanol–water partition coefficient (Wildman–Crippen LogP) is -0.206. The zero-order valence-corrected chi connectivity index (χ0v) is 11.8. The molecule has 1 aromatic rings. The van der Waals surface area contributed by atoms with Gasteiger partial charge in [-0.2, -0.15) is 0 Å². The summed E-state index contributed by atoms with van der Waals surface area (Å²) in [6, 6.07) is 6.25. The van der Waals surface area contributed by atoms with Gasteiger partial charge in [-0.3, -0.25) is 4.79 Å². The van der Waals surface area contributed by atoms with Gasteiger partial charge in [-0.15, -0.1) is 0 Å². The summed E-state index contributed by atoms with van der Waals surface area (Å²) in [5.74, 6) is -1.13. The molecule has 0 unspecified atom stereocenters. The number of hydrogen-bond donors (Lipinski definition) is 2. The molecule has 9 heteroatoms. The molecule has 7 nitrogen and oxygen atoms in total. The summed E-state index contributed by atoms with van der Waals surface area (Å²) in [5, 5.41) is 4.66. The van der Waals surface area contributed by atoms with E-state index >= 15 is 0 Å². The van der Waals surface area contributed by atoms with Crippen molar-refractivity contribution in [3.8, 4) is 0 Å². The summed E-state index contributed by atoms with van der Waals surface area (Å²) in [7, 11) is -8.50. The number of para-hydroxylation sites is 2. The molecule has 0 atom stereocenters. The number of anilines is 2. The maximum Gasteiger partial charge on any atom is 0.320 e. The zero-order valence-electron chi connectivity index (χ0n) is 10.2. The molecule has 2 rings (SSSR count). The summed E-state index contributed by atoms with van der Waals surface area (Å²) >= 11 is 0. The molecule has 1 amide bonds. The van der Waals surface area contributed by atoms with Crippen LogP contribution < -0.4 is 10.6 Å². The minimum Gasteiger partial charge on any atom is -0.345 e. The first kappa shape index (κ1) is 13.8. The third-order valence-electron chi connectivity index (χ3n) is 2.82. The first-order valence-corrected chi connectivity index (χ1v) is 8.96. The standard InChI is InChI=1S/C10H12N2O5S2/c1-18(14,15)10(19(2,16)17)9(13)11-7-5-3-4-6-8(7)12-10/h3-6,12H,1-2H3,(H,11,13). The van der Waals surface area contributed by atoms with Crippen LogP contribution >= 0.6 is 0 Å². The van der Waals surface area contributed by atoms with Crippen molar-refractivity contribution in [2.24, 2.45) is 0 Å². The Morgan fingerprint density at radius 2 is 1.42 bits per heavy atom. The van der Waals surface area contributed by atoms with Gasteiger partial charge in [0.05, 0.1) is 11.4 Å². The van der Waals surface area contributed by atoms with E-state index in [0.717, 1.165) is 0 Å². The van der Waals surface area contributed by atoms with Crippen LogP contribution in [0.4, 0.5) is 11.4 Å². The number of benzene rings is 1. The lowest BCUT2D eigenvalue weighted by atomic mass is 10.2. The number of fused-ring (bicyclic) bond motifs is 1. The van der Waals surface area contributed by atoms with Gasteiger partial charge in [-0.25, -0.2) is 16.8 Å². The fraction of sp³-hybridized carbons (Fsp3) is 0.300. The van der Waals surface area contributed by atoms with Crippen LogP contribution in [0.15, 0.2) is 24.3 Å². The van der Waals surface area contributed by atoms with Crippen molar-refractivity contribution in [2.75, 3.05) is 23.1 Å². The Morgan fingerprint density at radius 1 is 0.947 bits per heavy atom. The number of nitrogens with one attached hydrogen (secondary N) is 2. The highest BCUT2D eigenvalue weighted by Gasteiger charge is 2.59. The van der Waals surface area contributed by atoms with Crippen LogP contribution in [0.5, 0.6) is 0 Å². The van der Waals surface area contributed by atoms with Crippen LogP contribution in [-0.2, 0) is 24.5 Å². The number of sulfone groups is 2. The van der Waals surface area contributed by atoms with Gasteiger partial charge in [-0.1, -0.05) is 12.1 Å². The van der Waals surface area contributed by atoms with E-state index < -0.39 is 29.8 Å². The van der Waals surface area contributed by atoms with Crippen LogP contribution in [0, 0.1) is 0 Å². The van der Waals surface area contributed by atoms with Gasteiger partial charge in [0.2, 0.25) is 0 Å². The second kappa shape index (κ2) is 3.94. The monoisotopic (exact) mass is 304 g/mol. The molecule has 0 spiro atoms. The lowest BCUT2D eigenvalue weighted by molar-refractivity contribution is -0.116. The smallest absolute Gasteiger partial charge is 0.320 e. The van der Waals surface area contributed by atoms with Gasteiger partial charge in [0.15, 0.2) is 19.7 Å². The minimum absolute atomic E-state index is 0.234. The van der Waals surface area contributed by atoms with Gasteiger partial charge in [0, 0.05) is 12.5 Å². The van der Waals surface area contributed by atoms with Crippen molar-refractivity contribution in [3.63, 3.8) is 0 Å². The van der Waals surface area contributed by atoms with Crippen molar-refractivity contribution in [1.82, 2.24) is 0 Å². The minimum atomic E-state index is -4.25. The SMILES string of the molecule is CS(=O)(=O)C1(S(C)(=O)=O)Nc2ccccc2NC1=O. The fourth-order valence-corrected chi connectivity index (χ4v) is 5.50. The summed E-state index contributed by atoms with van der Waals surface area (Å²) in [4.78, 5) is 12.0. The molecule has 1 heterocycles. The van der Waals surface area contributed by atoms with Crippen molar-refractivity contribution in [2.45, 2.75) is 4.20 Å². The first-order valence-electron chi connectivity index (χ1n) is 5.17. The lowest BCUT2D eigenvalue weighted by Gasteiger charge is -2.35. The Kier molecular flexibility index (Phi) is 2.86. The fourth-order valence-electron chi connectivity index (χ4n) is 1.94. The van der Waals surface area contributed by atoms with E-state index in [-0.39, 0.29) is 5.69 Å². The van der Waals surface area contributed by atoms with Crippen LogP contribution in [-0.4, -0.2) is 39.5 Å². The maximum atomic E-state index is 12.0. The Balaban J connectivity index is 2.77. The third-order valence-corrected chi connectivity index (χ3v) is 7.30. The number of hydrogen-bond acceptors (Lipinski definition) is 6. The molecule has 0 aliphatic carbocycles. The zero-order chi connectivity index (χ0) is 14.5. The highest BCUT2D eigenvalue weighted by molar-refractivity contribution is 8.11. The molecule has 19 heavy (non-hydrogen) atoms. The summed E-state index contributed by atoms with van der Waals surface area (Å²) in [6.45, 7) is 0. The molecule has 0 aromatic heterocycles. The Morgan fingerprint density at radius 3 is 1.89 bits per heavy atom. The van der Waals surface area contributed by atoms with Crippen molar-refractivity contribution in [1.29, 1.82) is 0 Å². The topological polar surface area (TPSA) is 109 Å². The van der Waals surface area contributed by atoms with Gasteiger partial charge in [0.1, 0.15) is 0 Å². The number of rotatable bonds is 2. The van der Waals surface area contributed by atoms with Crippen LogP contribution in [0.3, 0.4) is 0 Å². The summed E-state index contributed by atoms with van der Waals surface area (Å²) < 4.78 is 44.8. The summed E-state index contributed by atoms with van der Waals surface area (Å²) in [6.07, 6.45) is 1.41. The molecular weight excluding hydrogens is 292 g/mol. The predicted molar refractivity (Wildman–Crippen MR) is 71.1 cm³/mol. The van der Waals surface area contributed by atoms with E-state index in [1.807, 2.05) is 0 Å². The quantitative estimate of drug-likeness (QED) is 0.782. The van der Waals surface area contributed by atoms with E-state index in [4.69, 9.17) is 0 Å². The molecule has 2 N–H and O–H groups in total. The van der Waals surface area contributed by atoms with Crippen molar-refractivity contribution >= 4 is 37.0 Å². The Bertz CT molecular complexity index is 720. The van der Waals surface area contributed by atoms with Gasteiger partial charge in [-0.05, 0) is 12.1 Å². The van der Waals surface area contributed by atoms with Crippen molar-refractivity contribution in [3.05, 3.63) is 24.3 Å². The molecule has 0 saturated carbocycles. The average Bonchev–Trinajstić information content (AvgIpc) is 2.24. The van der Waals surface area contributed by atoms with Gasteiger partial charge < -0.3 is 10.6 Å². The lowest BCUT2D eigenvalue weighted by Crippen LogP contribution is -2.62. The number of carbonyl (C=O) groups is 1. The average molecular weight is 304 g/mol. The molecule has 1 aliphatic rings. The van der Waals surface area contributed by atoms with Gasteiger partial charge >= 0.3 is 4.20 Å². The molecule has 1 aliphatic heterocycles. The molecule has 104 valence electrons. The highest BCUT2D eigenvalue weighted by atomic mass is 32.3. The molecule has 0 bridgehead atoms. The van der Waals surface area contributed by atoms with E-state index in [1.54, 1.807) is 12.1 Å². The second-order valence-corrected chi connectivity index (χ2v) is 8.86.